The van der Waals surface area contributed by atoms with Crippen molar-refractivity contribution in [1.29, 1.82) is 0 Å². The topological polar surface area (TPSA) is 38.9 Å². The van der Waals surface area contributed by atoms with Gasteiger partial charge in [0.1, 0.15) is 0 Å². The minimum absolute atomic E-state index is 0.221. The van der Waals surface area contributed by atoms with Crippen LogP contribution in [0.1, 0.15) is 43.4 Å². The van der Waals surface area contributed by atoms with E-state index in [1.165, 1.54) is 37.7 Å². The van der Waals surface area contributed by atoms with Gasteiger partial charge in [0, 0.05) is 23.9 Å². The number of pyridine rings is 1. The SMILES string of the molecule is Cc1ccc(C2(CN)CCCCC2)cn1. The highest BCUT2D eigenvalue weighted by Crippen LogP contribution is 2.38. The van der Waals surface area contributed by atoms with Crippen LogP contribution in [0.15, 0.2) is 18.3 Å². The zero-order chi connectivity index (χ0) is 10.7. The summed E-state index contributed by atoms with van der Waals surface area (Å²) in [5, 5.41) is 0. The Morgan fingerprint density at radius 2 is 2.00 bits per heavy atom. The Balaban J connectivity index is 2.28. The molecule has 0 spiro atoms. The number of nitrogens with two attached hydrogens (primary N) is 1. The van der Waals surface area contributed by atoms with Crippen molar-refractivity contribution in [3.8, 4) is 0 Å². The molecule has 2 nitrogen and oxygen atoms in total. The zero-order valence-corrected chi connectivity index (χ0v) is 9.50. The number of hydrogen-bond acceptors (Lipinski definition) is 2. The lowest BCUT2D eigenvalue weighted by atomic mass is 9.70. The fourth-order valence-corrected chi connectivity index (χ4v) is 2.62. The van der Waals surface area contributed by atoms with E-state index in [0.717, 1.165) is 12.2 Å². The number of aryl methyl sites for hydroxylation is 1. The predicted molar refractivity (Wildman–Crippen MR) is 62.8 cm³/mol. The van der Waals surface area contributed by atoms with Gasteiger partial charge in [0.2, 0.25) is 0 Å². The second-order valence-electron chi connectivity index (χ2n) is 4.73. The minimum atomic E-state index is 0.221. The van der Waals surface area contributed by atoms with Gasteiger partial charge in [-0.3, -0.25) is 4.98 Å². The molecule has 2 rings (SSSR count). The van der Waals surface area contributed by atoms with Gasteiger partial charge < -0.3 is 5.73 Å². The smallest absolute Gasteiger partial charge is 0.0372 e. The molecule has 1 saturated carbocycles. The van der Waals surface area contributed by atoms with Gasteiger partial charge in [0.25, 0.3) is 0 Å². The second-order valence-corrected chi connectivity index (χ2v) is 4.73. The molecule has 1 heterocycles. The number of hydrogen-bond donors (Lipinski definition) is 1. The Morgan fingerprint density at radius 1 is 1.27 bits per heavy atom. The van der Waals surface area contributed by atoms with Gasteiger partial charge in [-0.1, -0.05) is 25.3 Å². The normalized spacial score (nSPS) is 20.1. The average Bonchev–Trinajstić information content (AvgIpc) is 2.31. The zero-order valence-electron chi connectivity index (χ0n) is 9.50. The molecule has 1 aliphatic rings. The van der Waals surface area contributed by atoms with E-state index in [0.29, 0.717) is 0 Å². The van der Waals surface area contributed by atoms with E-state index in [1.54, 1.807) is 0 Å². The van der Waals surface area contributed by atoms with Crippen LogP contribution in [-0.4, -0.2) is 11.5 Å². The lowest BCUT2D eigenvalue weighted by Crippen LogP contribution is -2.37. The van der Waals surface area contributed by atoms with Crippen LogP contribution >= 0.6 is 0 Å². The average molecular weight is 204 g/mol. The summed E-state index contributed by atoms with van der Waals surface area (Å²) in [5.74, 6) is 0. The predicted octanol–water partition coefficient (Wildman–Crippen LogP) is 2.55. The van der Waals surface area contributed by atoms with Gasteiger partial charge in [-0.05, 0) is 31.4 Å². The van der Waals surface area contributed by atoms with E-state index in [4.69, 9.17) is 5.73 Å². The molecular weight excluding hydrogens is 184 g/mol. The largest absolute Gasteiger partial charge is 0.330 e. The quantitative estimate of drug-likeness (QED) is 0.804. The molecule has 2 heteroatoms. The molecule has 0 radical (unpaired) electrons. The van der Waals surface area contributed by atoms with Crippen LogP contribution < -0.4 is 5.73 Å². The molecule has 0 unspecified atom stereocenters. The van der Waals surface area contributed by atoms with Crippen LogP contribution in [0, 0.1) is 6.92 Å². The highest BCUT2D eigenvalue weighted by atomic mass is 14.7. The van der Waals surface area contributed by atoms with Crippen molar-refractivity contribution in [2.45, 2.75) is 44.4 Å². The number of rotatable bonds is 2. The minimum Gasteiger partial charge on any atom is -0.330 e. The van der Waals surface area contributed by atoms with Crippen molar-refractivity contribution in [1.82, 2.24) is 4.98 Å². The molecule has 2 N–H and O–H groups in total. The van der Waals surface area contributed by atoms with Crippen LogP contribution in [0.3, 0.4) is 0 Å². The molecule has 0 saturated heterocycles. The molecule has 15 heavy (non-hydrogen) atoms. The standard InChI is InChI=1S/C13H20N2/c1-11-5-6-12(9-15-11)13(10-14)7-3-2-4-8-13/h5-6,9H,2-4,7-8,10,14H2,1H3. The van der Waals surface area contributed by atoms with E-state index in [1.807, 2.05) is 13.1 Å². The first-order valence-electron chi connectivity index (χ1n) is 5.90. The van der Waals surface area contributed by atoms with Crippen LogP contribution in [0.5, 0.6) is 0 Å². The summed E-state index contributed by atoms with van der Waals surface area (Å²) in [4.78, 5) is 4.39. The molecule has 0 amide bonds. The lowest BCUT2D eigenvalue weighted by Gasteiger charge is -2.36. The van der Waals surface area contributed by atoms with Gasteiger partial charge in [0.15, 0.2) is 0 Å². The summed E-state index contributed by atoms with van der Waals surface area (Å²) in [5.41, 5.74) is 8.63. The maximum Gasteiger partial charge on any atom is 0.0372 e. The van der Waals surface area contributed by atoms with E-state index in [9.17, 15) is 0 Å². The van der Waals surface area contributed by atoms with Gasteiger partial charge in [-0.25, -0.2) is 0 Å². The van der Waals surface area contributed by atoms with Crippen molar-refractivity contribution >= 4 is 0 Å². The van der Waals surface area contributed by atoms with E-state index >= 15 is 0 Å². The maximum atomic E-state index is 5.98. The van der Waals surface area contributed by atoms with Crippen molar-refractivity contribution < 1.29 is 0 Å². The molecule has 1 aliphatic carbocycles. The van der Waals surface area contributed by atoms with Gasteiger partial charge in [-0.15, -0.1) is 0 Å². The summed E-state index contributed by atoms with van der Waals surface area (Å²) in [6.07, 6.45) is 8.47. The number of aromatic nitrogens is 1. The molecular formula is C13H20N2. The van der Waals surface area contributed by atoms with Gasteiger partial charge in [0.05, 0.1) is 0 Å². The third-order valence-electron chi connectivity index (χ3n) is 3.73. The second kappa shape index (κ2) is 4.31. The third-order valence-corrected chi connectivity index (χ3v) is 3.73. The summed E-state index contributed by atoms with van der Waals surface area (Å²) in [6, 6.07) is 4.31. The first-order chi connectivity index (χ1) is 7.27. The van der Waals surface area contributed by atoms with Crippen LogP contribution in [0.4, 0.5) is 0 Å². The monoisotopic (exact) mass is 204 g/mol. The molecule has 0 aliphatic heterocycles. The van der Waals surface area contributed by atoms with Crippen LogP contribution in [0.25, 0.3) is 0 Å². The van der Waals surface area contributed by atoms with Crippen molar-refractivity contribution in [2.75, 3.05) is 6.54 Å². The molecule has 0 bridgehead atoms. The molecule has 82 valence electrons. The van der Waals surface area contributed by atoms with Crippen LogP contribution in [-0.2, 0) is 5.41 Å². The fraction of sp³-hybridized carbons (Fsp3) is 0.615. The van der Waals surface area contributed by atoms with E-state index in [-0.39, 0.29) is 5.41 Å². The van der Waals surface area contributed by atoms with Gasteiger partial charge >= 0.3 is 0 Å². The first-order valence-corrected chi connectivity index (χ1v) is 5.90. The molecule has 1 aromatic rings. The van der Waals surface area contributed by atoms with Crippen molar-refractivity contribution in [3.05, 3.63) is 29.6 Å². The van der Waals surface area contributed by atoms with E-state index in [2.05, 4.69) is 17.1 Å². The Kier molecular flexibility index (Phi) is 3.06. The first kappa shape index (κ1) is 10.6. The Hall–Kier alpha value is -0.890. The summed E-state index contributed by atoms with van der Waals surface area (Å²) in [6.45, 7) is 2.79. The van der Waals surface area contributed by atoms with Gasteiger partial charge in [-0.2, -0.15) is 0 Å². The summed E-state index contributed by atoms with van der Waals surface area (Å²) < 4.78 is 0. The van der Waals surface area contributed by atoms with E-state index < -0.39 is 0 Å². The fourth-order valence-electron chi connectivity index (χ4n) is 2.62. The van der Waals surface area contributed by atoms with Crippen molar-refractivity contribution in [2.24, 2.45) is 5.73 Å². The molecule has 1 aromatic heterocycles. The summed E-state index contributed by atoms with van der Waals surface area (Å²) >= 11 is 0. The van der Waals surface area contributed by atoms with Crippen molar-refractivity contribution in [3.63, 3.8) is 0 Å². The Labute approximate surface area is 91.9 Å². The molecule has 0 atom stereocenters. The third kappa shape index (κ3) is 2.05. The van der Waals surface area contributed by atoms with Crippen LogP contribution in [0.2, 0.25) is 0 Å². The maximum absolute atomic E-state index is 5.98. The highest BCUT2D eigenvalue weighted by Gasteiger charge is 2.32. The lowest BCUT2D eigenvalue weighted by molar-refractivity contribution is 0.300. The molecule has 0 aromatic carbocycles. The summed E-state index contributed by atoms with van der Waals surface area (Å²) in [7, 11) is 0. The Morgan fingerprint density at radius 3 is 2.53 bits per heavy atom. The Bertz CT molecular complexity index is 310. The highest BCUT2D eigenvalue weighted by molar-refractivity contribution is 5.25. The number of nitrogens with zero attached hydrogens (tertiary/aromatic N) is 1. The molecule has 1 fully saturated rings.